The molecule has 0 amide bonds. The van der Waals surface area contributed by atoms with E-state index in [2.05, 4.69) is 10.6 Å². The second kappa shape index (κ2) is 11.9. The van der Waals surface area contributed by atoms with Crippen molar-refractivity contribution < 1.29 is 29.2 Å². The molecule has 2 atom stereocenters. The number of hydrogen-bond acceptors (Lipinski definition) is 8. The van der Waals surface area contributed by atoms with Crippen LogP contribution in [0.4, 0.5) is 0 Å². The predicted octanol–water partition coefficient (Wildman–Crippen LogP) is 6.29. The first-order chi connectivity index (χ1) is 20.5. The molecular weight excluding hydrogens is 568 g/mol. The van der Waals surface area contributed by atoms with Gasteiger partial charge in [0.2, 0.25) is 5.75 Å². The molecule has 0 unspecified atom stereocenters. The van der Waals surface area contributed by atoms with Crippen molar-refractivity contribution in [1.29, 1.82) is 0 Å². The molecule has 4 aromatic carbocycles. The fourth-order valence-electron chi connectivity index (χ4n) is 6.44. The fourth-order valence-corrected chi connectivity index (χ4v) is 6.44. The smallest absolute Gasteiger partial charge is 0.201 e. The van der Waals surface area contributed by atoms with Gasteiger partial charge in [0.25, 0.3) is 0 Å². The van der Waals surface area contributed by atoms with Crippen molar-refractivity contribution >= 4 is 12.4 Å². The lowest BCUT2D eigenvalue weighted by Gasteiger charge is -2.31. The SMILES string of the molecule is COc1cc2c3cc1Oc1c(O)c(OC)cc4c1[C@H](Cc1ccc(cc1)Oc1cc(ccc1O)C[C@H]3NCC2)NCC4.Cl. The van der Waals surface area contributed by atoms with Crippen LogP contribution in [0, 0.1) is 0 Å². The van der Waals surface area contributed by atoms with Gasteiger partial charge < -0.3 is 39.8 Å². The van der Waals surface area contributed by atoms with Gasteiger partial charge in [-0.05, 0) is 109 Å². The molecule has 0 aromatic heterocycles. The molecule has 8 rings (SSSR count). The standard InChI is InChI=1S/C34H34N2O6.ClH/c1-39-29-16-21-9-11-35-25-14-20-5-8-27(37)28(15-20)41-23-6-3-19(4-7-23)13-26-32-22(10-12-36-26)17-31(40-2)33(38)34(32)42-30(29)18-24(21)25;/h3-8,15-18,25-26,35-38H,9-14H2,1-2H3;1H/t25-,26+;/m1./s1. The van der Waals surface area contributed by atoms with Crippen LogP contribution in [0.5, 0.6) is 46.0 Å². The number of fused-ring (bicyclic) bond motifs is 2. The summed E-state index contributed by atoms with van der Waals surface area (Å²) in [6, 6.07) is 19.3. The zero-order chi connectivity index (χ0) is 28.8. The monoisotopic (exact) mass is 602 g/mol. The highest BCUT2D eigenvalue weighted by Crippen LogP contribution is 2.49. The van der Waals surface area contributed by atoms with E-state index >= 15 is 0 Å². The maximum atomic E-state index is 11.4. The number of methoxy groups -OCH3 is 2. The van der Waals surface area contributed by atoms with Gasteiger partial charge in [0.1, 0.15) is 5.75 Å². The van der Waals surface area contributed by atoms with Crippen molar-refractivity contribution in [1.82, 2.24) is 10.6 Å². The highest BCUT2D eigenvalue weighted by molar-refractivity contribution is 5.85. The molecule has 4 N–H and O–H groups in total. The van der Waals surface area contributed by atoms with E-state index in [0.717, 1.165) is 53.7 Å². The highest BCUT2D eigenvalue weighted by atomic mass is 35.5. The molecular formula is C34H35ClN2O6. The number of aromatic hydroxyl groups is 2. The van der Waals surface area contributed by atoms with Crippen LogP contribution in [0.25, 0.3) is 0 Å². The first-order valence-corrected chi connectivity index (χ1v) is 14.4. The first kappa shape index (κ1) is 29.0. The first-order valence-electron chi connectivity index (χ1n) is 14.4. The average Bonchev–Trinajstić information content (AvgIpc) is 3.00. The quantitative estimate of drug-likeness (QED) is 0.212. The molecule has 4 aliphatic rings. The maximum Gasteiger partial charge on any atom is 0.201 e. The second-order valence-electron chi connectivity index (χ2n) is 11.1. The van der Waals surface area contributed by atoms with Gasteiger partial charge in [0.05, 0.1) is 14.2 Å². The molecule has 0 saturated carbocycles. The predicted molar refractivity (Wildman–Crippen MR) is 166 cm³/mol. The van der Waals surface area contributed by atoms with Crippen molar-refractivity contribution in [2.45, 2.75) is 37.8 Å². The van der Waals surface area contributed by atoms with E-state index in [1.165, 1.54) is 5.56 Å². The number of benzene rings is 4. The van der Waals surface area contributed by atoms with Crippen molar-refractivity contribution in [3.05, 3.63) is 94.0 Å². The molecule has 0 saturated heterocycles. The number of ether oxygens (including phenoxy) is 4. The Morgan fingerprint density at radius 2 is 1.40 bits per heavy atom. The normalized spacial score (nSPS) is 18.6. The van der Waals surface area contributed by atoms with Gasteiger partial charge in [-0.3, -0.25) is 0 Å². The van der Waals surface area contributed by atoms with Crippen LogP contribution in [-0.4, -0.2) is 37.5 Å². The molecule has 4 aromatic rings. The van der Waals surface area contributed by atoms with Crippen LogP contribution < -0.4 is 29.6 Å². The lowest BCUT2D eigenvalue weighted by molar-refractivity contribution is 0.334. The molecule has 0 aliphatic carbocycles. The Morgan fingerprint density at radius 3 is 2.16 bits per heavy atom. The van der Waals surface area contributed by atoms with Gasteiger partial charge in [-0.15, -0.1) is 12.4 Å². The Hall–Kier alpha value is -4.11. The van der Waals surface area contributed by atoms with Gasteiger partial charge in [-0.25, -0.2) is 0 Å². The van der Waals surface area contributed by atoms with Crippen LogP contribution >= 0.6 is 12.4 Å². The summed E-state index contributed by atoms with van der Waals surface area (Å²) in [5.41, 5.74) is 6.39. The molecule has 4 heterocycles. The Balaban J connectivity index is 0.00000329. The van der Waals surface area contributed by atoms with E-state index in [9.17, 15) is 10.2 Å². The van der Waals surface area contributed by atoms with Crippen LogP contribution in [0.15, 0.2) is 60.7 Å². The lowest BCUT2D eigenvalue weighted by Crippen LogP contribution is -2.32. The van der Waals surface area contributed by atoms with Crippen molar-refractivity contribution in [2.75, 3.05) is 27.3 Å². The summed E-state index contributed by atoms with van der Waals surface area (Å²) >= 11 is 0. The Labute approximate surface area is 257 Å². The van der Waals surface area contributed by atoms with Crippen molar-refractivity contribution in [2.24, 2.45) is 0 Å². The third kappa shape index (κ3) is 5.42. The highest BCUT2D eigenvalue weighted by Gasteiger charge is 2.31. The van der Waals surface area contributed by atoms with Gasteiger partial charge >= 0.3 is 0 Å². The summed E-state index contributed by atoms with van der Waals surface area (Å²) in [7, 11) is 3.19. The largest absolute Gasteiger partial charge is 0.504 e. The Bertz CT molecular complexity index is 1660. The average molecular weight is 603 g/mol. The third-order valence-electron chi connectivity index (χ3n) is 8.55. The molecule has 0 spiro atoms. The number of hydrogen-bond donors (Lipinski definition) is 4. The summed E-state index contributed by atoms with van der Waals surface area (Å²) in [5.74, 6) is 3.03. The third-order valence-corrected chi connectivity index (χ3v) is 8.55. The molecule has 0 fully saturated rings. The molecule has 6 bridgehead atoms. The van der Waals surface area contributed by atoms with E-state index in [-0.39, 0.29) is 36.0 Å². The Kier molecular flexibility index (Phi) is 8.01. The summed E-state index contributed by atoms with van der Waals surface area (Å²) in [4.78, 5) is 0. The minimum absolute atomic E-state index is 0. The Morgan fingerprint density at radius 1 is 0.721 bits per heavy atom. The van der Waals surface area contributed by atoms with Crippen LogP contribution in [0.2, 0.25) is 0 Å². The van der Waals surface area contributed by atoms with E-state index in [0.29, 0.717) is 47.3 Å². The number of phenols is 2. The summed E-state index contributed by atoms with van der Waals surface area (Å²) in [6.45, 7) is 1.61. The van der Waals surface area contributed by atoms with Gasteiger partial charge in [-0.2, -0.15) is 0 Å². The van der Waals surface area contributed by atoms with Gasteiger partial charge in [0, 0.05) is 17.6 Å². The molecule has 43 heavy (non-hydrogen) atoms. The number of rotatable bonds is 2. The van der Waals surface area contributed by atoms with Gasteiger partial charge in [-0.1, -0.05) is 18.2 Å². The number of nitrogens with one attached hydrogen (secondary N) is 2. The maximum absolute atomic E-state index is 11.4. The van der Waals surface area contributed by atoms with E-state index in [1.807, 2.05) is 54.6 Å². The van der Waals surface area contributed by atoms with Crippen molar-refractivity contribution in [3.63, 3.8) is 0 Å². The summed E-state index contributed by atoms with van der Waals surface area (Å²) in [6.07, 6.45) is 2.98. The van der Waals surface area contributed by atoms with Crippen molar-refractivity contribution in [3.8, 4) is 46.0 Å². The van der Waals surface area contributed by atoms with E-state index in [4.69, 9.17) is 18.9 Å². The summed E-state index contributed by atoms with van der Waals surface area (Å²) < 4.78 is 24.2. The zero-order valence-corrected chi connectivity index (χ0v) is 24.9. The molecule has 9 heteroatoms. The molecule has 224 valence electrons. The lowest BCUT2D eigenvalue weighted by atomic mass is 9.88. The summed E-state index contributed by atoms with van der Waals surface area (Å²) in [5, 5.41) is 29.3. The van der Waals surface area contributed by atoms with E-state index < -0.39 is 0 Å². The molecule has 0 radical (unpaired) electrons. The fraction of sp³-hybridized carbons (Fsp3) is 0.294. The zero-order valence-electron chi connectivity index (χ0n) is 24.1. The second-order valence-corrected chi connectivity index (χ2v) is 11.1. The number of phenolic OH excluding ortho intramolecular Hbond substituents is 2. The van der Waals surface area contributed by atoms with Crippen LogP contribution in [-0.2, 0) is 25.7 Å². The minimum atomic E-state index is -0.107. The van der Waals surface area contributed by atoms with Crippen LogP contribution in [0.3, 0.4) is 0 Å². The van der Waals surface area contributed by atoms with Crippen LogP contribution in [0.1, 0.15) is 45.5 Å². The molecule has 8 nitrogen and oxygen atoms in total. The minimum Gasteiger partial charge on any atom is -0.504 e. The molecule has 4 aliphatic heterocycles. The number of halogens is 1. The topological polar surface area (TPSA) is 101 Å². The van der Waals surface area contributed by atoms with E-state index in [1.54, 1.807) is 20.3 Å². The van der Waals surface area contributed by atoms with Gasteiger partial charge in [0.15, 0.2) is 34.5 Å².